The van der Waals surface area contributed by atoms with E-state index in [0.29, 0.717) is 10.8 Å². The summed E-state index contributed by atoms with van der Waals surface area (Å²) in [4.78, 5) is 24.3. The van der Waals surface area contributed by atoms with E-state index in [-0.39, 0.29) is 26.9 Å². The molecule has 0 aliphatic carbocycles. The molecule has 0 saturated carbocycles. The van der Waals surface area contributed by atoms with Crippen LogP contribution < -0.4 is 9.47 Å². The van der Waals surface area contributed by atoms with Gasteiger partial charge in [0.15, 0.2) is 18.1 Å². The minimum absolute atomic E-state index is 0.123. The minimum Gasteiger partial charge on any atom is -0.493 e. The SMILES string of the molecule is COc1cc(C(=O)OCC(=O)c2ccc(Cl)cc2Cl)cc(Cl)c1OC. The average molecular weight is 404 g/mol. The lowest BCUT2D eigenvalue weighted by atomic mass is 10.1. The first-order chi connectivity index (χ1) is 11.9. The zero-order valence-electron chi connectivity index (χ0n) is 13.3. The van der Waals surface area contributed by atoms with Gasteiger partial charge in [-0.25, -0.2) is 4.79 Å². The van der Waals surface area contributed by atoms with Gasteiger partial charge in [-0.15, -0.1) is 0 Å². The predicted octanol–water partition coefficient (Wildman–Crippen LogP) is 4.70. The van der Waals surface area contributed by atoms with Gasteiger partial charge in [-0.1, -0.05) is 34.8 Å². The van der Waals surface area contributed by atoms with Crippen molar-refractivity contribution in [2.24, 2.45) is 0 Å². The van der Waals surface area contributed by atoms with Gasteiger partial charge in [0, 0.05) is 10.6 Å². The third-order valence-electron chi connectivity index (χ3n) is 3.24. The van der Waals surface area contributed by atoms with Crippen LogP contribution >= 0.6 is 34.8 Å². The van der Waals surface area contributed by atoms with E-state index in [1.54, 1.807) is 0 Å². The van der Waals surface area contributed by atoms with E-state index >= 15 is 0 Å². The first kappa shape index (κ1) is 19.4. The highest BCUT2D eigenvalue weighted by atomic mass is 35.5. The van der Waals surface area contributed by atoms with Gasteiger partial charge in [-0.05, 0) is 30.3 Å². The number of methoxy groups -OCH3 is 2. The number of carbonyl (C=O) groups is 2. The number of halogens is 3. The molecule has 0 amide bonds. The first-order valence-electron chi connectivity index (χ1n) is 6.94. The molecule has 0 aliphatic rings. The van der Waals surface area contributed by atoms with Gasteiger partial charge in [-0.3, -0.25) is 4.79 Å². The molecular weight excluding hydrogens is 391 g/mol. The predicted molar refractivity (Wildman–Crippen MR) is 95.6 cm³/mol. The number of ether oxygens (including phenoxy) is 3. The van der Waals surface area contributed by atoms with Crippen LogP contribution in [-0.4, -0.2) is 32.6 Å². The first-order valence-corrected chi connectivity index (χ1v) is 8.07. The Kier molecular flexibility index (Phi) is 6.53. The average Bonchev–Trinajstić information content (AvgIpc) is 2.58. The lowest BCUT2D eigenvalue weighted by Gasteiger charge is -2.11. The molecule has 0 bridgehead atoms. The van der Waals surface area contributed by atoms with Crippen LogP contribution in [-0.2, 0) is 4.74 Å². The van der Waals surface area contributed by atoms with Crippen molar-refractivity contribution < 1.29 is 23.8 Å². The van der Waals surface area contributed by atoms with Crippen molar-refractivity contribution in [1.29, 1.82) is 0 Å². The number of hydrogen-bond donors (Lipinski definition) is 0. The third-order valence-corrected chi connectivity index (χ3v) is 4.06. The number of rotatable bonds is 6. The molecule has 5 nitrogen and oxygen atoms in total. The molecule has 0 atom stereocenters. The number of hydrogen-bond acceptors (Lipinski definition) is 5. The second-order valence-corrected chi connectivity index (χ2v) is 6.07. The van der Waals surface area contributed by atoms with Crippen molar-refractivity contribution in [3.63, 3.8) is 0 Å². The fraction of sp³-hybridized carbons (Fsp3) is 0.176. The summed E-state index contributed by atoms with van der Waals surface area (Å²) in [5.74, 6) is -0.623. The van der Waals surface area contributed by atoms with Crippen molar-refractivity contribution in [3.05, 3.63) is 56.5 Å². The summed E-state index contributed by atoms with van der Waals surface area (Å²) in [5.41, 5.74) is 0.335. The Labute approximate surface area is 159 Å². The van der Waals surface area contributed by atoms with E-state index < -0.39 is 18.4 Å². The van der Waals surface area contributed by atoms with Crippen molar-refractivity contribution in [2.45, 2.75) is 0 Å². The van der Waals surface area contributed by atoms with Crippen molar-refractivity contribution in [2.75, 3.05) is 20.8 Å². The van der Waals surface area contributed by atoms with E-state index in [9.17, 15) is 9.59 Å². The topological polar surface area (TPSA) is 61.8 Å². The fourth-order valence-electron chi connectivity index (χ4n) is 2.04. The maximum Gasteiger partial charge on any atom is 0.338 e. The van der Waals surface area contributed by atoms with Gasteiger partial charge in [0.25, 0.3) is 0 Å². The zero-order chi connectivity index (χ0) is 18.6. The maximum atomic E-state index is 12.2. The molecule has 0 aliphatic heterocycles. The summed E-state index contributed by atoms with van der Waals surface area (Å²) in [6.07, 6.45) is 0. The van der Waals surface area contributed by atoms with Crippen LogP contribution in [0.2, 0.25) is 15.1 Å². The second kappa shape index (κ2) is 8.43. The summed E-state index contributed by atoms with van der Waals surface area (Å²) < 4.78 is 15.2. The van der Waals surface area contributed by atoms with E-state index in [0.717, 1.165) is 0 Å². The van der Waals surface area contributed by atoms with Gasteiger partial charge in [-0.2, -0.15) is 0 Å². The van der Waals surface area contributed by atoms with Crippen LogP contribution in [0.25, 0.3) is 0 Å². The monoisotopic (exact) mass is 402 g/mol. The Balaban J connectivity index is 2.12. The van der Waals surface area contributed by atoms with Gasteiger partial charge in [0.2, 0.25) is 5.78 Å². The van der Waals surface area contributed by atoms with Crippen LogP contribution in [0.15, 0.2) is 30.3 Å². The van der Waals surface area contributed by atoms with Crippen LogP contribution in [0, 0.1) is 0 Å². The van der Waals surface area contributed by atoms with E-state index in [2.05, 4.69) is 0 Å². The summed E-state index contributed by atoms with van der Waals surface area (Å²) in [6.45, 7) is -0.480. The van der Waals surface area contributed by atoms with Crippen molar-refractivity contribution >= 4 is 46.6 Å². The van der Waals surface area contributed by atoms with Gasteiger partial charge >= 0.3 is 5.97 Å². The number of ketones is 1. The molecule has 0 radical (unpaired) electrons. The zero-order valence-corrected chi connectivity index (χ0v) is 15.5. The lowest BCUT2D eigenvalue weighted by molar-refractivity contribution is 0.0474. The van der Waals surface area contributed by atoms with Gasteiger partial charge in [0.05, 0.1) is 29.8 Å². The van der Waals surface area contributed by atoms with Crippen LogP contribution in [0.5, 0.6) is 11.5 Å². The van der Waals surface area contributed by atoms with E-state index in [4.69, 9.17) is 49.0 Å². The molecule has 0 aromatic heterocycles. The molecule has 0 saturated heterocycles. The molecule has 8 heteroatoms. The van der Waals surface area contributed by atoms with E-state index in [1.165, 1.54) is 44.6 Å². The maximum absolute atomic E-state index is 12.2. The molecule has 0 N–H and O–H groups in total. The molecule has 0 fully saturated rings. The molecule has 2 rings (SSSR count). The summed E-state index contributed by atoms with van der Waals surface area (Å²) >= 11 is 17.8. The minimum atomic E-state index is -0.735. The highest BCUT2D eigenvalue weighted by Crippen LogP contribution is 2.36. The Hall–Kier alpha value is -1.95. The molecular formula is C17H13Cl3O5. The largest absolute Gasteiger partial charge is 0.493 e. The van der Waals surface area contributed by atoms with Crippen LogP contribution in [0.4, 0.5) is 0 Å². The molecule has 132 valence electrons. The number of benzene rings is 2. The van der Waals surface area contributed by atoms with Crippen LogP contribution in [0.1, 0.15) is 20.7 Å². The Morgan fingerprint density at radius 2 is 1.68 bits per heavy atom. The molecule has 0 spiro atoms. The van der Waals surface area contributed by atoms with Gasteiger partial charge < -0.3 is 14.2 Å². The summed E-state index contributed by atoms with van der Waals surface area (Å²) in [5, 5.41) is 0.766. The van der Waals surface area contributed by atoms with Crippen molar-refractivity contribution in [3.8, 4) is 11.5 Å². The Bertz CT molecular complexity index is 820. The molecule has 2 aromatic rings. The highest BCUT2D eigenvalue weighted by molar-refractivity contribution is 6.37. The molecule has 0 heterocycles. The molecule has 0 unspecified atom stereocenters. The number of esters is 1. The highest BCUT2D eigenvalue weighted by Gasteiger charge is 2.18. The summed E-state index contributed by atoms with van der Waals surface area (Å²) in [6, 6.07) is 7.20. The number of carbonyl (C=O) groups excluding carboxylic acids is 2. The van der Waals surface area contributed by atoms with E-state index in [1.807, 2.05) is 0 Å². The summed E-state index contributed by atoms with van der Waals surface area (Å²) in [7, 11) is 2.84. The fourth-order valence-corrected chi connectivity index (χ4v) is 2.85. The van der Waals surface area contributed by atoms with Crippen LogP contribution in [0.3, 0.4) is 0 Å². The standard InChI is InChI=1S/C17H13Cl3O5/c1-23-15-6-9(5-13(20)16(15)24-2)17(22)25-8-14(21)11-4-3-10(18)7-12(11)19/h3-7H,8H2,1-2H3. The number of Topliss-reactive ketones (excluding diaryl/α,β-unsaturated/α-hetero) is 1. The molecule has 25 heavy (non-hydrogen) atoms. The lowest BCUT2D eigenvalue weighted by Crippen LogP contribution is -2.15. The third kappa shape index (κ3) is 4.57. The Morgan fingerprint density at radius 3 is 2.28 bits per heavy atom. The quantitative estimate of drug-likeness (QED) is 0.516. The van der Waals surface area contributed by atoms with Gasteiger partial charge in [0.1, 0.15) is 0 Å². The van der Waals surface area contributed by atoms with Crippen molar-refractivity contribution in [1.82, 2.24) is 0 Å². The molecule has 2 aromatic carbocycles. The smallest absolute Gasteiger partial charge is 0.338 e. The Morgan fingerprint density at radius 1 is 0.960 bits per heavy atom. The normalized spacial score (nSPS) is 10.3. The second-order valence-electron chi connectivity index (χ2n) is 4.82.